The monoisotopic (exact) mass is 237 g/mol. The molecule has 3 nitrogen and oxygen atoms in total. The summed E-state index contributed by atoms with van der Waals surface area (Å²) < 4.78 is 10.6. The Labute approximate surface area is 104 Å². The molecule has 1 rings (SSSR count). The third-order valence-corrected chi connectivity index (χ3v) is 2.60. The lowest BCUT2D eigenvalue weighted by Gasteiger charge is -2.10. The van der Waals surface area contributed by atoms with Crippen LogP contribution in [0.3, 0.4) is 0 Å². The van der Waals surface area contributed by atoms with Crippen LogP contribution in [0.15, 0.2) is 18.2 Å². The molecule has 1 N–H and O–H groups in total. The van der Waals surface area contributed by atoms with Gasteiger partial charge in [-0.2, -0.15) is 0 Å². The first-order valence-electron chi connectivity index (χ1n) is 6.20. The zero-order valence-corrected chi connectivity index (χ0v) is 11.1. The van der Waals surface area contributed by atoms with E-state index in [2.05, 4.69) is 24.4 Å². The van der Waals surface area contributed by atoms with Crippen molar-refractivity contribution in [3.05, 3.63) is 29.3 Å². The lowest BCUT2D eigenvalue weighted by Crippen LogP contribution is -2.17. The van der Waals surface area contributed by atoms with E-state index in [0.29, 0.717) is 0 Å². The fourth-order valence-corrected chi connectivity index (χ4v) is 1.71. The van der Waals surface area contributed by atoms with Gasteiger partial charge in [-0.05, 0) is 32.9 Å². The van der Waals surface area contributed by atoms with Gasteiger partial charge < -0.3 is 14.8 Å². The molecule has 0 spiro atoms. The Balaban J connectivity index is 2.32. The normalized spacial score (nSPS) is 10.5. The molecule has 0 bridgehead atoms. The van der Waals surface area contributed by atoms with Crippen molar-refractivity contribution in [2.24, 2.45) is 0 Å². The highest BCUT2D eigenvalue weighted by atomic mass is 16.5. The van der Waals surface area contributed by atoms with Crippen LogP contribution in [0, 0.1) is 6.92 Å². The molecule has 96 valence electrons. The van der Waals surface area contributed by atoms with Crippen molar-refractivity contribution in [1.29, 1.82) is 0 Å². The quantitative estimate of drug-likeness (QED) is 0.705. The molecule has 0 fully saturated rings. The molecular weight excluding hydrogens is 214 g/mol. The van der Waals surface area contributed by atoms with Crippen LogP contribution < -0.4 is 10.1 Å². The fourth-order valence-electron chi connectivity index (χ4n) is 1.71. The molecule has 0 atom stereocenters. The zero-order valence-electron chi connectivity index (χ0n) is 11.1. The summed E-state index contributed by atoms with van der Waals surface area (Å²) >= 11 is 0. The Bertz CT molecular complexity index is 326. The Morgan fingerprint density at radius 3 is 2.82 bits per heavy atom. The number of hydrogen-bond donors (Lipinski definition) is 1. The highest BCUT2D eigenvalue weighted by molar-refractivity contribution is 5.36. The molecule has 0 aliphatic heterocycles. The van der Waals surface area contributed by atoms with Crippen molar-refractivity contribution in [3.8, 4) is 5.75 Å². The maximum absolute atomic E-state index is 5.33. The summed E-state index contributed by atoms with van der Waals surface area (Å²) in [4.78, 5) is 0. The van der Waals surface area contributed by atoms with E-state index < -0.39 is 0 Å². The average molecular weight is 237 g/mol. The van der Waals surface area contributed by atoms with E-state index in [-0.39, 0.29) is 0 Å². The van der Waals surface area contributed by atoms with E-state index in [1.807, 2.05) is 13.0 Å². The number of ether oxygens (including phenoxy) is 2. The summed E-state index contributed by atoms with van der Waals surface area (Å²) in [6.07, 6.45) is 1.04. The van der Waals surface area contributed by atoms with Gasteiger partial charge in [0.15, 0.2) is 0 Å². The van der Waals surface area contributed by atoms with Gasteiger partial charge in [0.05, 0.1) is 7.11 Å². The standard InChI is InChI=1S/C14H23NO2/c1-4-17-9-5-8-15-11-13-10-12(2)6-7-14(13)16-3/h6-7,10,15H,4-5,8-9,11H2,1-3H3. The second-order valence-electron chi connectivity index (χ2n) is 4.04. The molecule has 0 heterocycles. The maximum atomic E-state index is 5.33. The van der Waals surface area contributed by atoms with E-state index >= 15 is 0 Å². The molecule has 0 saturated heterocycles. The Morgan fingerprint density at radius 1 is 1.29 bits per heavy atom. The molecule has 17 heavy (non-hydrogen) atoms. The lowest BCUT2D eigenvalue weighted by molar-refractivity contribution is 0.144. The molecule has 0 radical (unpaired) electrons. The Kier molecular flexibility index (Phi) is 6.67. The van der Waals surface area contributed by atoms with Crippen molar-refractivity contribution in [3.63, 3.8) is 0 Å². The molecule has 0 amide bonds. The van der Waals surface area contributed by atoms with Gasteiger partial charge >= 0.3 is 0 Å². The highest BCUT2D eigenvalue weighted by Gasteiger charge is 2.02. The zero-order chi connectivity index (χ0) is 12.5. The van der Waals surface area contributed by atoms with Gasteiger partial charge in [-0.1, -0.05) is 17.7 Å². The predicted octanol–water partition coefficient (Wildman–Crippen LogP) is 2.52. The molecule has 0 aromatic heterocycles. The predicted molar refractivity (Wildman–Crippen MR) is 70.5 cm³/mol. The van der Waals surface area contributed by atoms with Crippen molar-refractivity contribution >= 4 is 0 Å². The summed E-state index contributed by atoms with van der Waals surface area (Å²) in [7, 11) is 1.71. The van der Waals surface area contributed by atoms with Crippen LogP contribution in [0.1, 0.15) is 24.5 Å². The molecule has 1 aromatic carbocycles. The molecule has 0 unspecified atom stereocenters. The van der Waals surface area contributed by atoms with E-state index in [9.17, 15) is 0 Å². The minimum atomic E-state index is 0.797. The smallest absolute Gasteiger partial charge is 0.123 e. The maximum Gasteiger partial charge on any atom is 0.123 e. The largest absolute Gasteiger partial charge is 0.496 e. The van der Waals surface area contributed by atoms with Gasteiger partial charge in [0, 0.05) is 25.3 Å². The average Bonchev–Trinajstić information content (AvgIpc) is 2.34. The van der Waals surface area contributed by atoms with Crippen molar-refractivity contribution in [2.75, 3.05) is 26.9 Å². The fraction of sp³-hybridized carbons (Fsp3) is 0.571. The molecule has 1 aromatic rings. The Hall–Kier alpha value is -1.06. The van der Waals surface area contributed by atoms with Crippen molar-refractivity contribution in [1.82, 2.24) is 5.32 Å². The van der Waals surface area contributed by atoms with Crippen LogP contribution in [-0.2, 0) is 11.3 Å². The van der Waals surface area contributed by atoms with Crippen LogP contribution in [0.4, 0.5) is 0 Å². The summed E-state index contributed by atoms with van der Waals surface area (Å²) in [5.41, 5.74) is 2.47. The number of nitrogens with one attached hydrogen (secondary N) is 1. The third kappa shape index (κ3) is 5.20. The first-order chi connectivity index (χ1) is 8.27. The number of hydrogen-bond acceptors (Lipinski definition) is 3. The van der Waals surface area contributed by atoms with Gasteiger partial charge in [-0.25, -0.2) is 0 Å². The minimum absolute atomic E-state index is 0.797. The van der Waals surface area contributed by atoms with Crippen LogP contribution in [-0.4, -0.2) is 26.9 Å². The third-order valence-electron chi connectivity index (χ3n) is 2.60. The van der Waals surface area contributed by atoms with Crippen molar-refractivity contribution in [2.45, 2.75) is 26.8 Å². The van der Waals surface area contributed by atoms with Crippen molar-refractivity contribution < 1.29 is 9.47 Å². The van der Waals surface area contributed by atoms with E-state index in [4.69, 9.17) is 9.47 Å². The SMILES string of the molecule is CCOCCCNCc1cc(C)ccc1OC. The topological polar surface area (TPSA) is 30.5 Å². The summed E-state index contributed by atoms with van der Waals surface area (Å²) in [6, 6.07) is 6.25. The van der Waals surface area contributed by atoms with Gasteiger partial charge in [0.25, 0.3) is 0 Å². The number of rotatable bonds is 8. The lowest BCUT2D eigenvalue weighted by atomic mass is 10.1. The molecule has 0 saturated carbocycles. The summed E-state index contributed by atoms with van der Waals surface area (Å²) in [5.74, 6) is 0.952. The van der Waals surface area contributed by atoms with Gasteiger partial charge in [-0.3, -0.25) is 0 Å². The summed E-state index contributed by atoms with van der Waals surface area (Å²) in [5, 5.41) is 3.40. The van der Waals surface area contributed by atoms with Gasteiger partial charge in [0.2, 0.25) is 0 Å². The van der Waals surface area contributed by atoms with E-state index in [1.165, 1.54) is 11.1 Å². The number of aryl methyl sites for hydroxylation is 1. The summed E-state index contributed by atoms with van der Waals surface area (Å²) in [6.45, 7) is 7.55. The molecule has 0 aliphatic carbocycles. The van der Waals surface area contributed by atoms with Crippen LogP contribution in [0.5, 0.6) is 5.75 Å². The second kappa shape index (κ2) is 8.09. The number of methoxy groups -OCH3 is 1. The van der Waals surface area contributed by atoms with Crippen LogP contribution in [0.2, 0.25) is 0 Å². The van der Waals surface area contributed by atoms with E-state index in [1.54, 1.807) is 7.11 Å². The first kappa shape index (κ1) is 14.0. The van der Waals surface area contributed by atoms with Gasteiger partial charge in [-0.15, -0.1) is 0 Å². The first-order valence-corrected chi connectivity index (χ1v) is 6.20. The number of benzene rings is 1. The van der Waals surface area contributed by atoms with Crippen LogP contribution in [0.25, 0.3) is 0 Å². The van der Waals surface area contributed by atoms with E-state index in [0.717, 1.165) is 38.5 Å². The van der Waals surface area contributed by atoms with Gasteiger partial charge in [0.1, 0.15) is 5.75 Å². The Morgan fingerprint density at radius 2 is 2.12 bits per heavy atom. The molecule has 0 aliphatic rings. The minimum Gasteiger partial charge on any atom is -0.496 e. The second-order valence-corrected chi connectivity index (χ2v) is 4.04. The van der Waals surface area contributed by atoms with Crippen LogP contribution >= 0.6 is 0 Å². The highest BCUT2D eigenvalue weighted by Crippen LogP contribution is 2.19. The molecular formula is C14H23NO2. The molecule has 3 heteroatoms.